The van der Waals surface area contributed by atoms with Crippen LogP contribution in [0.2, 0.25) is 0 Å². The summed E-state index contributed by atoms with van der Waals surface area (Å²) < 4.78 is 10.4. The van der Waals surface area contributed by atoms with Crippen molar-refractivity contribution in [3.63, 3.8) is 0 Å². The van der Waals surface area contributed by atoms with Gasteiger partial charge in [0.25, 0.3) is 5.91 Å². The van der Waals surface area contributed by atoms with Crippen molar-refractivity contribution in [2.45, 2.75) is 33.1 Å². The number of rotatable bonds is 9. The first-order valence-corrected chi connectivity index (χ1v) is 9.11. The smallest absolute Gasteiger partial charge is 0.338 e. The van der Waals surface area contributed by atoms with Crippen molar-refractivity contribution in [3.05, 3.63) is 53.6 Å². The highest BCUT2D eigenvalue weighted by Crippen LogP contribution is 2.23. The van der Waals surface area contributed by atoms with Crippen LogP contribution in [0.4, 0.5) is 11.4 Å². The molecule has 0 aromatic heterocycles. The van der Waals surface area contributed by atoms with Crippen LogP contribution >= 0.6 is 0 Å². The van der Waals surface area contributed by atoms with E-state index in [2.05, 4.69) is 12.2 Å². The lowest BCUT2D eigenvalue weighted by atomic mass is 10.1. The predicted molar refractivity (Wildman–Crippen MR) is 106 cm³/mol. The highest BCUT2D eigenvalue weighted by molar-refractivity contribution is 5.92. The molecule has 3 N–H and O–H groups in total. The van der Waals surface area contributed by atoms with Crippen LogP contribution in [0.5, 0.6) is 5.75 Å². The van der Waals surface area contributed by atoms with Crippen LogP contribution in [0, 0.1) is 0 Å². The number of nitrogen functional groups attached to an aromatic ring is 1. The van der Waals surface area contributed by atoms with Gasteiger partial charge in [-0.05, 0) is 55.7 Å². The summed E-state index contributed by atoms with van der Waals surface area (Å²) in [5.74, 6) is -0.502. The van der Waals surface area contributed by atoms with Gasteiger partial charge in [-0.2, -0.15) is 0 Å². The molecule has 1 amide bonds. The average molecular weight is 370 g/mol. The SMILES string of the molecule is CCCCc1ccc(NC(=O)COc2cc(C(=O)OCC)ccc2N)cc1. The van der Waals surface area contributed by atoms with Crippen molar-refractivity contribution in [3.8, 4) is 5.75 Å². The maximum absolute atomic E-state index is 12.1. The molecular formula is C21H26N2O4. The quantitative estimate of drug-likeness (QED) is 0.517. The Labute approximate surface area is 159 Å². The summed E-state index contributed by atoms with van der Waals surface area (Å²) in [4.78, 5) is 23.9. The van der Waals surface area contributed by atoms with Crippen molar-refractivity contribution in [2.75, 3.05) is 24.3 Å². The summed E-state index contributed by atoms with van der Waals surface area (Å²) in [7, 11) is 0. The molecule has 144 valence electrons. The highest BCUT2D eigenvalue weighted by atomic mass is 16.5. The Bertz CT molecular complexity index is 772. The Balaban J connectivity index is 1.91. The lowest BCUT2D eigenvalue weighted by Crippen LogP contribution is -2.20. The fourth-order valence-corrected chi connectivity index (χ4v) is 2.48. The summed E-state index contributed by atoms with van der Waals surface area (Å²) in [6.45, 7) is 3.95. The number of carbonyl (C=O) groups excluding carboxylic acids is 2. The standard InChI is InChI=1S/C21H26N2O4/c1-3-5-6-15-7-10-17(11-8-15)23-20(24)14-27-19-13-16(9-12-18(19)22)21(25)26-4-2/h7-13H,3-6,14,22H2,1-2H3,(H,23,24). The molecule has 0 atom stereocenters. The molecule has 0 bridgehead atoms. The predicted octanol–water partition coefficient (Wildman–Crippen LogP) is 3.81. The Hall–Kier alpha value is -3.02. The number of carbonyl (C=O) groups is 2. The van der Waals surface area contributed by atoms with Crippen LogP contribution in [0.25, 0.3) is 0 Å². The maximum atomic E-state index is 12.1. The van der Waals surface area contributed by atoms with E-state index in [1.807, 2.05) is 24.3 Å². The first kappa shape index (κ1) is 20.3. The summed E-state index contributed by atoms with van der Waals surface area (Å²) in [6.07, 6.45) is 3.33. The molecule has 0 aliphatic heterocycles. The van der Waals surface area contributed by atoms with Crippen LogP contribution in [0.3, 0.4) is 0 Å². The average Bonchev–Trinajstić information content (AvgIpc) is 2.67. The molecule has 2 aromatic rings. The lowest BCUT2D eigenvalue weighted by Gasteiger charge is -2.11. The van der Waals surface area contributed by atoms with Crippen molar-refractivity contribution in [2.24, 2.45) is 0 Å². The van der Waals surface area contributed by atoms with Crippen LogP contribution in [0.1, 0.15) is 42.6 Å². The monoisotopic (exact) mass is 370 g/mol. The normalized spacial score (nSPS) is 10.3. The molecule has 27 heavy (non-hydrogen) atoms. The minimum absolute atomic E-state index is 0.214. The van der Waals surface area contributed by atoms with E-state index in [1.54, 1.807) is 19.1 Å². The van der Waals surface area contributed by atoms with Crippen LogP contribution in [-0.4, -0.2) is 25.1 Å². The van der Waals surface area contributed by atoms with Gasteiger partial charge in [-0.25, -0.2) is 4.79 Å². The molecule has 0 saturated heterocycles. The maximum Gasteiger partial charge on any atom is 0.338 e. The second-order valence-electron chi connectivity index (χ2n) is 6.11. The van der Waals surface area contributed by atoms with Crippen molar-refractivity contribution in [1.82, 2.24) is 0 Å². The van der Waals surface area contributed by atoms with Crippen LogP contribution in [-0.2, 0) is 16.0 Å². The third-order valence-electron chi connectivity index (χ3n) is 3.94. The first-order chi connectivity index (χ1) is 13.0. The minimum atomic E-state index is -0.463. The third-order valence-corrected chi connectivity index (χ3v) is 3.94. The zero-order valence-corrected chi connectivity index (χ0v) is 15.8. The number of nitrogens with one attached hydrogen (secondary N) is 1. The van der Waals surface area contributed by atoms with Gasteiger partial charge in [-0.3, -0.25) is 4.79 Å². The number of amides is 1. The number of hydrogen-bond donors (Lipinski definition) is 2. The molecule has 0 fully saturated rings. The summed E-state index contributed by atoms with van der Waals surface area (Å²) >= 11 is 0. The van der Waals surface area contributed by atoms with Gasteiger partial charge < -0.3 is 20.5 Å². The number of hydrogen-bond acceptors (Lipinski definition) is 5. The molecule has 0 radical (unpaired) electrons. The van der Waals surface area contributed by atoms with Crippen LogP contribution < -0.4 is 15.8 Å². The largest absolute Gasteiger partial charge is 0.482 e. The van der Waals surface area contributed by atoms with Gasteiger partial charge in [0.15, 0.2) is 6.61 Å². The number of nitrogens with two attached hydrogens (primary N) is 1. The molecular weight excluding hydrogens is 344 g/mol. The van der Waals surface area contributed by atoms with Crippen LogP contribution in [0.15, 0.2) is 42.5 Å². The minimum Gasteiger partial charge on any atom is -0.482 e. The zero-order valence-electron chi connectivity index (χ0n) is 15.8. The molecule has 0 aliphatic carbocycles. The number of aryl methyl sites for hydroxylation is 1. The van der Waals surface area contributed by atoms with E-state index < -0.39 is 5.97 Å². The summed E-state index contributed by atoms with van der Waals surface area (Å²) in [6, 6.07) is 12.3. The molecule has 6 nitrogen and oxygen atoms in total. The fraction of sp³-hybridized carbons (Fsp3) is 0.333. The number of esters is 1. The van der Waals surface area contributed by atoms with E-state index in [-0.39, 0.29) is 24.9 Å². The van der Waals surface area contributed by atoms with Gasteiger partial charge in [0.2, 0.25) is 0 Å². The summed E-state index contributed by atoms with van der Waals surface area (Å²) in [5, 5.41) is 2.78. The molecule has 2 aromatic carbocycles. The number of anilines is 2. The van der Waals surface area contributed by atoms with E-state index in [0.29, 0.717) is 16.9 Å². The van der Waals surface area contributed by atoms with E-state index in [1.165, 1.54) is 11.6 Å². The third kappa shape index (κ3) is 6.33. The number of ether oxygens (including phenoxy) is 2. The molecule has 0 unspecified atom stereocenters. The van der Waals surface area contributed by atoms with E-state index in [9.17, 15) is 9.59 Å². The van der Waals surface area contributed by atoms with E-state index in [4.69, 9.17) is 15.2 Å². The van der Waals surface area contributed by atoms with Crippen molar-refractivity contribution < 1.29 is 19.1 Å². The van der Waals surface area contributed by atoms with Gasteiger partial charge in [-0.15, -0.1) is 0 Å². The molecule has 0 heterocycles. The lowest BCUT2D eigenvalue weighted by molar-refractivity contribution is -0.118. The zero-order chi connectivity index (χ0) is 19.6. The molecule has 0 saturated carbocycles. The Kier molecular flexibility index (Phi) is 7.67. The van der Waals surface area contributed by atoms with Gasteiger partial charge in [0.1, 0.15) is 5.75 Å². The number of benzene rings is 2. The molecule has 2 rings (SSSR count). The van der Waals surface area contributed by atoms with Crippen molar-refractivity contribution >= 4 is 23.3 Å². The van der Waals surface area contributed by atoms with Gasteiger partial charge in [-0.1, -0.05) is 25.5 Å². The second kappa shape index (κ2) is 10.2. The Morgan fingerprint density at radius 2 is 1.81 bits per heavy atom. The van der Waals surface area contributed by atoms with Gasteiger partial charge in [0.05, 0.1) is 17.9 Å². The molecule has 0 aliphatic rings. The van der Waals surface area contributed by atoms with Gasteiger partial charge >= 0.3 is 5.97 Å². The molecule has 6 heteroatoms. The van der Waals surface area contributed by atoms with Gasteiger partial charge in [0, 0.05) is 5.69 Å². The Morgan fingerprint density at radius 1 is 1.07 bits per heavy atom. The number of unbranched alkanes of at least 4 members (excludes halogenated alkanes) is 1. The highest BCUT2D eigenvalue weighted by Gasteiger charge is 2.11. The topological polar surface area (TPSA) is 90.6 Å². The molecule has 0 spiro atoms. The van der Waals surface area contributed by atoms with E-state index in [0.717, 1.165) is 19.3 Å². The van der Waals surface area contributed by atoms with Crippen molar-refractivity contribution in [1.29, 1.82) is 0 Å². The first-order valence-electron chi connectivity index (χ1n) is 9.11. The van der Waals surface area contributed by atoms with E-state index >= 15 is 0 Å². The fourth-order valence-electron chi connectivity index (χ4n) is 2.48. The second-order valence-corrected chi connectivity index (χ2v) is 6.11. The summed E-state index contributed by atoms with van der Waals surface area (Å²) in [5.41, 5.74) is 8.47. The Morgan fingerprint density at radius 3 is 2.48 bits per heavy atom.